The highest BCUT2D eigenvalue weighted by molar-refractivity contribution is 5.89. The van der Waals surface area contributed by atoms with E-state index in [1.165, 1.54) is 0 Å². The Hall–Kier alpha value is -2.60. The van der Waals surface area contributed by atoms with Gasteiger partial charge in [-0.3, -0.25) is 9.59 Å². The minimum Gasteiger partial charge on any atom is -0.353 e. The van der Waals surface area contributed by atoms with Crippen LogP contribution in [0.5, 0.6) is 0 Å². The fraction of sp³-hybridized carbons (Fsp3) is 0.882. The predicted octanol–water partition coefficient (Wildman–Crippen LogP) is 5.41. The monoisotopic (exact) mass is 690 g/mol. The maximum absolute atomic E-state index is 14.5. The van der Waals surface area contributed by atoms with Crippen molar-refractivity contribution in [3.05, 3.63) is 0 Å². The number of alkyl halides is 22. The summed E-state index contributed by atoms with van der Waals surface area (Å²) >= 11 is 0. The number of rotatable bonds is 6. The van der Waals surface area contributed by atoms with E-state index in [0.29, 0.717) is 10.6 Å². The molecular formula is C17H8F22N2O2. The zero-order chi connectivity index (χ0) is 34.7. The molecule has 0 radical (unpaired) electrons. The molecule has 2 aliphatic carbocycles. The summed E-state index contributed by atoms with van der Waals surface area (Å²) in [6.07, 6.45) is -1.66. The number of halogens is 22. The molecule has 2 N–H and O–H groups in total. The van der Waals surface area contributed by atoms with Crippen molar-refractivity contribution in [1.82, 2.24) is 10.6 Å². The number of hydrogen-bond acceptors (Lipinski definition) is 2. The Bertz CT molecular complexity index is 1010. The van der Waals surface area contributed by atoms with E-state index in [1.54, 1.807) is 0 Å². The molecule has 0 heterocycles. The third kappa shape index (κ3) is 3.50. The first-order chi connectivity index (χ1) is 18.5. The maximum Gasteiger partial charge on any atom is 0.384 e. The van der Waals surface area contributed by atoms with Crippen LogP contribution in [0.25, 0.3) is 0 Å². The summed E-state index contributed by atoms with van der Waals surface area (Å²) in [5, 5.41) is 0.747. The Morgan fingerprint density at radius 1 is 0.326 bits per heavy atom. The average molecular weight is 690 g/mol. The largest absolute Gasteiger partial charge is 0.384 e. The maximum atomic E-state index is 14.5. The summed E-state index contributed by atoms with van der Waals surface area (Å²) in [4.78, 5) is 23.1. The first kappa shape index (κ1) is 36.6. The van der Waals surface area contributed by atoms with Crippen LogP contribution in [0.15, 0.2) is 0 Å². The standard InChI is InChI=1S/C17H8F22N2O2/c18-6(8(20,21)12(28,29)16(36,37)13(30,31)9(6,22)23)4(42)40-2-1-3-41-5(43)7(19)10(24,25)14(32,33)17(38,39)15(34,35)11(7,26)27/h1-3H2,(H,40,42)(H,41,43). The van der Waals surface area contributed by atoms with Gasteiger partial charge in [-0.05, 0) is 6.42 Å². The molecule has 0 aromatic carbocycles. The molecule has 252 valence electrons. The SMILES string of the molecule is O=C(NCCCNC(=O)C1(F)C(F)(F)C(F)(F)C(F)(F)C(F)(F)C1(F)F)C1(F)C(F)(F)C(F)(F)C(F)(F)C(F)(F)C1(F)F. The molecule has 0 aromatic heterocycles. The Balaban J connectivity index is 2.28. The third-order valence-electron chi connectivity index (χ3n) is 6.44. The van der Waals surface area contributed by atoms with Crippen LogP contribution in [0.3, 0.4) is 0 Å². The molecular weight excluding hydrogens is 682 g/mol. The van der Waals surface area contributed by atoms with Crippen molar-refractivity contribution < 1.29 is 106 Å². The number of carbonyl (C=O) groups excluding carboxylic acids is 2. The van der Waals surface area contributed by atoms with Crippen LogP contribution in [0.1, 0.15) is 6.42 Å². The minimum atomic E-state index is -7.72. The lowest BCUT2D eigenvalue weighted by Crippen LogP contribution is -2.86. The van der Waals surface area contributed by atoms with Gasteiger partial charge in [-0.2, -0.15) is 87.8 Å². The van der Waals surface area contributed by atoms with Crippen LogP contribution in [-0.2, 0) is 9.59 Å². The molecule has 2 fully saturated rings. The summed E-state index contributed by atoms with van der Waals surface area (Å²) in [6.45, 7) is -3.91. The summed E-state index contributed by atoms with van der Waals surface area (Å²) < 4.78 is 299. The van der Waals surface area contributed by atoms with Crippen molar-refractivity contribution in [1.29, 1.82) is 0 Å². The van der Waals surface area contributed by atoms with Gasteiger partial charge in [0.2, 0.25) is 0 Å². The molecule has 2 aliphatic rings. The highest BCUT2D eigenvalue weighted by Crippen LogP contribution is 2.70. The van der Waals surface area contributed by atoms with Gasteiger partial charge < -0.3 is 10.6 Å². The van der Waals surface area contributed by atoms with Gasteiger partial charge in [0.25, 0.3) is 11.8 Å². The van der Waals surface area contributed by atoms with Gasteiger partial charge in [-0.25, -0.2) is 8.78 Å². The molecule has 0 aromatic rings. The molecule has 26 heteroatoms. The lowest BCUT2D eigenvalue weighted by Gasteiger charge is -2.51. The van der Waals surface area contributed by atoms with Gasteiger partial charge in [0.1, 0.15) is 0 Å². The second-order valence-electron chi connectivity index (χ2n) is 8.93. The topological polar surface area (TPSA) is 58.2 Å². The van der Waals surface area contributed by atoms with E-state index >= 15 is 0 Å². The van der Waals surface area contributed by atoms with E-state index in [9.17, 15) is 106 Å². The van der Waals surface area contributed by atoms with Crippen molar-refractivity contribution in [3.63, 3.8) is 0 Å². The summed E-state index contributed by atoms with van der Waals surface area (Å²) in [6, 6.07) is 0. The van der Waals surface area contributed by atoms with E-state index in [0.717, 1.165) is 0 Å². The van der Waals surface area contributed by atoms with Crippen LogP contribution in [0, 0.1) is 0 Å². The fourth-order valence-corrected chi connectivity index (χ4v) is 3.75. The summed E-state index contributed by atoms with van der Waals surface area (Å²) in [5.74, 6) is -84.8. The zero-order valence-electron chi connectivity index (χ0n) is 19.3. The van der Waals surface area contributed by atoms with Crippen LogP contribution >= 0.6 is 0 Å². The third-order valence-corrected chi connectivity index (χ3v) is 6.44. The van der Waals surface area contributed by atoms with Crippen molar-refractivity contribution in [2.75, 3.05) is 13.1 Å². The second-order valence-corrected chi connectivity index (χ2v) is 8.93. The van der Waals surface area contributed by atoms with E-state index in [2.05, 4.69) is 0 Å². The first-order valence-electron chi connectivity index (χ1n) is 10.3. The van der Waals surface area contributed by atoms with Gasteiger partial charge >= 0.3 is 70.6 Å². The van der Waals surface area contributed by atoms with Gasteiger partial charge in [0, 0.05) is 13.1 Å². The van der Waals surface area contributed by atoms with Crippen molar-refractivity contribution in [3.8, 4) is 0 Å². The van der Waals surface area contributed by atoms with Crippen LogP contribution in [0.4, 0.5) is 96.6 Å². The molecule has 2 amide bonds. The van der Waals surface area contributed by atoms with Gasteiger partial charge in [0.15, 0.2) is 0 Å². The molecule has 0 atom stereocenters. The lowest BCUT2D eigenvalue weighted by atomic mass is 9.71. The molecule has 0 bridgehead atoms. The molecule has 4 nitrogen and oxygen atoms in total. The highest BCUT2D eigenvalue weighted by Gasteiger charge is 3.04. The molecule has 43 heavy (non-hydrogen) atoms. The van der Waals surface area contributed by atoms with Gasteiger partial charge in [-0.15, -0.1) is 0 Å². The number of amides is 2. The van der Waals surface area contributed by atoms with Crippen molar-refractivity contribution in [2.45, 2.75) is 77.0 Å². The van der Waals surface area contributed by atoms with Crippen LogP contribution in [-0.4, -0.2) is 95.5 Å². The Morgan fingerprint density at radius 2 is 0.488 bits per heavy atom. The normalized spacial score (nSPS) is 30.5. The van der Waals surface area contributed by atoms with Crippen molar-refractivity contribution >= 4 is 11.8 Å². The van der Waals surface area contributed by atoms with Gasteiger partial charge in [0.05, 0.1) is 0 Å². The fourth-order valence-electron chi connectivity index (χ4n) is 3.75. The van der Waals surface area contributed by atoms with Crippen LogP contribution in [0.2, 0.25) is 0 Å². The van der Waals surface area contributed by atoms with E-state index in [4.69, 9.17) is 0 Å². The predicted molar refractivity (Wildman–Crippen MR) is 87.8 cm³/mol. The summed E-state index contributed by atoms with van der Waals surface area (Å²) in [5.41, 5.74) is -14.5. The first-order valence-corrected chi connectivity index (χ1v) is 10.3. The molecule has 0 saturated heterocycles. The van der Waals surface area contributed by atoms with E-state index in [1.807, 2.05) is 0 Å². The second kappa shape index (κ2) is 8.99. The molecule has 2 saturated carbocycles. The smallest absolute Gasteiger partial charge is 0.353 e. The number of nitrogens with one attached hydrogen (secondary N) is 2. The van der Waals surface area contributed by atoms with Crippen LogP contribution < -0.4 is 10.6 Å². The Labute approximate surface area is 220 Å². The Morgan fingerprint density at radius 3 is 0.674 bits per heavy atom. The van der Waals surface area contributed by atoms with E-state index in [-0.39, 0.29) is 0 Å². The zero-order valence-corrected chi connectivity index (χ0v) is 19.3. The average Bonchev–Trinajstić information content (AvgIpc) is 2.84. The number of hydrogen-bond donors (Lipinski definition) is 2. The number of carbonyl (C=O) groups is 2. The summed E-state index contributed by atoms with van der Waals surface area (Å²) in [7, 11) is 0. The Kier molecular flexibility index (Phi) is 7.65. The highest BCUT2D eigenvalue weighted by atomic mass is 19.4. The molecule has 0 unspecified atom stereocenters. The quantitative estimate of drug-likeness (QED) is 0.290. The molecule has 0 aliphatic heterocycles. The van der Waals surface area contributed by atoms with Crippen molar-refractivity contribution in [2.24, 2.45) is 0 Å². The minimum absolute atomic E-state index is 0.373. The lowest BCUT2D eigenvalue weighted by molar-refractivity contribution is -0.476. The van der Waals surface area contributed by atoms with Gasteiger partial charge in [-0.1, -0.05) is 0 Å². The molecule has 0 spiro atoms. The molecule has 2 rings (SSSR count). The van der Waals surface area contributed by atoms with E-state index < -0.39 is 102 Å².